The molecule has 1 saturated carbocycles. The summed E-state index contributed by atoms with van der Waals surface area (Å²) in [7, 11) is 0. The van der Waals surface area contributed by atoms with E-state index >= 15 is 0 Å². The molecule has 0 unspecified atom stereocenters. The summed E-state index contributed by atoms with van der Waals surface area (Å²) in [6, 6.07) is 12.4. The normalized spacial score (nSPS) is 17.3. The molecule has 4 heterocycles. The third-order valence-corrected chi connectivity index (χ3v) is 7.76. The number of nitrogens with one attached hydrogen (secondary N) is 1. The van der Waals surface area contributed by atoms with Gasteiger partial charge >= 0.3 is 5.69 Å². The first-order chi connectivity index (χ1) is 19.9. The molecule has 41 heavy (non-hydrogen) atoms. The fraction of sp³-hybridized carbons (Fsp3) is 0.276. The van der Waals surface area contributed by atoms with Gasteiger partial charge in [0.2, 0.25) is 0 Å². The standard InChI is InChI=1S/C29H26ClF2N7O2/c30-19-13-22(26(27(31)32)35-15-19)28(40)36-20-7-5-18(6-8-20)16-38-23-3-1-2-4-24(23)39(29(38)41)21-9-10-34-25(14-21)37-12-11-33-17-37/h1-4,9-15,17-18,20,27H,5-8,16H2,(H,36,40)/t18-,20-. The summed E-state index contributed by atoms with van der Waals surface area (Å²) in [6.07, 6.45) is 7.89. The molecule has 0 saturated heterocycles. The second-order valence-corrected chi connectivity index (χ2v) is 10.6. The molecule has 4 aromatic heterocycles. The molecule has 1 N–H and O–H groups in total. The largest absolute Gasteiger partial charge is 0.349 e. The van der Waals surface area contributed by atoms with E-state index in [1.807, 2.05) is 34.9 Å². The maximum Gasteiger partial charge on any atom is 0.333 e. The van der Waals surface area contributed by atoms with E-state index in [-0.39, 0.29) is 28.2 Å². The molecule has 1 fully saturated rings. The van der Waals surface area contributed by atoms with Crippen molar-refractivity contribution >= 4 is 28.5 Å². The molecule has 9 nitrogen and oxygen atoms in total. The summed E-state index contributed by atoms with van der Waals surface area (Å²) in [5, 5.41) is 2.99. The number of nitrogens with zero attached hydrogens (tertiary/aromatic N) is 6. The van der Waals surface area contributed by atoms with Gasteiger partial charge < -0.3 is 5.32 Å². The van der Waals surface area contributed by atoms with E-state index in [0.717, 1.165) is 30.1 Å². The quantitative estimate of drug-likeness (QED) is 0.281. The fourth-order valence-electron chi connectivity index (χ4n) is 5.53. The van der Waals surface area contributed by atoms with Crippen LogP contribution < -0.4 is 11.0 Å². The molecular formula is C29H26ClF2N7O2. The Kier molecular flexibility index (Phi) is 7.36. The van der Waals surface area contributed by atoms with Crippen molar-refractivity contribution in [3.63, 3.8) is 0 Å². The lowest BCUT2D eigenvalue weighted by Crippen LogP contribution is -2.39. The van der Waals surface area contributed by atoms with E-state index < -0.39 is 18.0 Å². The lowest BCUT2D eigenvalue weighted by atomic mass is 9.85. The third-order valence-electron chi connectivity index (χ3n) is 7.55. The molecule has 1 aliphatic rings. The van der Waals surface area contributed by atoms with Crippen LogP contribution >= 0.6 is 11.6 Å². The number of para-hydroxylation sites is 2. The highest BCUT2D eigenvalue weighted by molar-refractivity contribution is 6.30. The number of pyridine rings is 2. The van der Waals surface area contributed by atoms with Crippen molar-refractivity contribution in [1.82, 2.24) is 34.0 Å². The molecule has 5 aromatic rings. The van der Waals surface area contributed by atoms with Crippen LogP contribution in [0.3, 0.4) is 0 Å². The Bertz CT molecular complexity index is 1760. The number of amides is 1. The highest BCUT2D eigenvalue weighted by Gasteiger charge is 2.27. The maximum atomic E-state index is 13.8. The molecule has 0 aliphatic heterocycles. The van der Waals surface area contributed by atoms with Crippen molar-refractivity contribution in [2.75, 3.05) is 0 Å². The topological polar surface area (TPSA) is 99.6 Å². The zero-order valence-electron chi connectivity index (χ0n) is 21.8. The Morgan fingerprint density at radius 3 is 2.56 bits per heavy atom. The Labute approximate surface area is 238 Å². The van der Waals surface area contributed by atoms with Gasteiger partial charge in [0, 0.05) is 43.4 Å². The predicted octanol–water partition coefficient (Wildman–Crippen LogP) is 5.35. The number of alkyl halides is 2. The predicted molar refractivity (Wildman–Crippen MR) is 150 cm³/mol. The van der Waals surface area contributed by atoms with Crippen LogP contribution in [0.25, 0.3) is 22.5 Å². The van der Waals surface area contributed by atoms with E-state index in [4.69, 9.17) is 11.6 Å². The highest BCUT2D eigenvalue weighted by atomic mass is 35.5. The first kappa shape index (κ1) is 26.8. The highest BCUT2D eigenvalue weighted by Crippen LogP contribution is 2.29. The molecule has 0 spiro atoms. The van der Waals surface area contributed by atoms with E-state index in [2.05, 4.69) is 20.3 Å². The molecule has 0 radical (unpaired) electrons. The van der Waals surface area contributed by atoms with Crippen LogP contribution in [-0.4, -0.2) is 40.6 Å². The molecule has 6 rings (SSSR count). The number of carbonyl (C=O) groups is 1. The van der Waals surface area contributed by atoms with Crippen molar-refractivity contribution in [2.24, 2.45) is 5.92 Å². The van der Waals surface area contributed by atoms with Crippen LogP contribution in [0.2, 0.25) is 5.02 Å². The number of imidazole rings is 2. The Morgan fingerprint density at radius 2 is 1.83 bits per heavy atom. The molecule has 0 bridgehead atoms. The van der Waals surface area contributed by atoms with Gasteiger partial charge in [0.15, 0.2) is 0 Å². The lowest BCUT2D eigenvalue weighted by molar-refractivity contribution is 0.0904. The fourth-order valence-corrected chi connectivity index (χ4v) is 5.69. The monoisotopic (exact) mass is 577 g/mol. The number of hydrogen-bond donors (Lipinski definition) is 1. The van der Waals surface area contributed by atoms with Crippen molar-refractivity contribution in [3.8, 4) is 11.5 Å². The average Bonchev–Trinajstić information content (AvgIpc) is 3.61. The van der Waals surface area contributed by atoms with Crippen LogP contribution in [-0.2, 0) is 6.54 Å². The number of benzene rings is 1. The second kappa shape index (κ2) is 11.2. The van der Waals surface area contributed by atoms with E-state index in [1.165, 1.54) is 6.07 Å². The van der Waals surface area contributed by atoms with E-state index in [0.29, 0.717) is 30.9 Å². The Morgan fingerprint density at radius 1 is 1.05 bits per heavy atom. The minimum absolute atomic E-state index is 0.123. The zero-order valence-corrected chi connectivity index (χ0v) is 22.6. The number of fused-ring (bicyclic) bond motifs is 1. The van der Waals surface area contributed by atoms with E-state index in [1.54, 1.807) is 40.1 Å². The molecule has 210 valence electrons. The minimum atomic E-state index is -2.88. The van der Waals surface area contributed by atoms with Crippen molar-refractivity contribution in [2.45, 2.75) is 44.7 Å². The first-order valence-corrected chi connectivity index (χ1v) is 13.7. The van der Waals surface area contributed by atoms with Crippen LogP contribution in [0, 0.1) is 5.92 Å². The third kappa shape index (κ3) is 5.37. The number of carbonyl (C=O) groups excluding carboxylic acids is 1. The molecule has 1 amide bonds. The number of aromatic nitrogens is 6. The van der Waals surface area contributed by atoms with Crippen molar-refractivity contribution < 1.29 is 13.6 Å². The van der Waals surface area contributed by atoms with E-state index in [9.17, 15) is 18.4 Å². The number of halogens is 3. The van der Waals surface area contributed by atoms with Gasteiger partial charge in [0.1, 0.15) is 17.8 Å². The van der Waals surface area contributed by atoms with Gasteiger partial charge in [-0.3, -0.25) is 23.5 Å². The van der Waals surface area contributed by atoms with Gasteiger partial charge in [0.05, 0.1) is 27.3 Å². The molecule has 1 aromatic carbocycles. The van der Waals surface area contributed by atoms with Crippen molar-refractivity contribution in [1.29, 1.82) is 0 Å². The van der Waals surface area contributed by atoms with Gasteiger partial charge in [-0.15, -0.1) is 0 Å². The SMILES string of the molecule is O=C(N[C@H]1CC[C@H](Cn2c(=O)n(-c3ccnc(-n4ccnc4)c3)c3ccccc32)CC1)c1cc(Cl)cnc1C(F)F. The molecular weight excluding hydrogens is 552 g/mol. The summed E-state index contributed by atoms with van der Waals surface area (Å²) in [5.41, 5.74) is 1.41. The number of rotatable bonds is 7. The van der Waals surface area contributed by atoms with Crippen LogP contribution in [0.4, 0.5) is 8.78 Å². The zero-order chi connectivity index (χ0) is 28.5. The summed E-state index contributed by atoms with van der Waals surface area (Å²) in [4.78, 5) is 38.7. The maximum absolute atomic E-state index is 13.8. The van der Waals surface area contributed by atoms with Crippen LogP contribution in [0.15, 0.2) is 78.4 Å². The van der Waals surface area contributed by atoms with Gasteiger partial charge in [-0.1, -0.05) is 23.7 Å². The van der Waals surface area contributed by atoms with Gasteiger partial charge in [-0.05, 0) is 55.9 Å². The van der Waals surface area contributed by atoms with Gasteiger partial charge in [-0.25, -0.2) is 23.5 Å². The van der Waals surface area contributed by atoms with Crippen LogP contribution in [0.5, 0.6) is 0 Å². The summed E-state index contributed by atoms with van der Waals surface area (Å²) >= 11 is 5.91. The van der Waals surface area contributed by atoms with Crippen LogP contribution in [0.1, 0.15) is 48.2 Å². The first-order valence-electron chi connectivity index (χ1n) is 13.3. The number of hydrogen-bond acceptors (Lipinski definition) is 5. The second-order valence-electron chi connectivity index (χ2n) is 10.1. The smallest absolute Gasteiger partial charge is 0.333 e. The molecule has 1 aliphatic carbocycles. The Hall–Kier alpha value is -4.38. The van der Waals surface area contributed by atoms with Gasteiger partial charge in [0.25, 0.3) is 12.3 Å². The van der Waals surface area contributed by atoms with Gasteiger partial charge in [-0.2, -0.15) is 0 Å². The summed E-state index contributed by atoms with van der Waals surface area (Å²) < 4.78 is 32.0. The molecule has 12 heteroatoms. The van der Waals surface area contributed by atoms with Crippen molar-refractivity contribution in [3.05, 3.63) is 100 Å². The Balaban J connectivity index is 1.19. The molecule has 0 atom stereocenters. The lowest BCUT2D eigenvalue weighted by Gasteiger charge is -2.29. The average molecular weight is 578 g/mol. The minimum Gasteiger partial charge on any atom is -0.349 e. The summed E-state index contributed by atoms with van der Waals surface area (Å²) in [5.74, 6) is 0.257. The summed E-state index contributed by atoms with van der Waals surface area (Å²) in [6.45, 7) is 0.528.